The van der Waals surface area contributed by atoms with Crippen molar-refractivity contribution >= 4 is 29.0 Å². The van der Waals surface area contributed by atoms with Crippen molar-refractivity contribution in [2.45, 2.75) is 26.2 Å². The van der Waals surface area contributed by atoms with Gasteiger partial charge in [0.2, 0.25) is 5.91 Å². The largest absolute Gasteiger partial charge is 0.359 e. The van der Waals surface area contributed by atoms with Crippen molar-refractivity contribution in [3.8, 4) is 0 Å². The van der Waals surface area contributed by atoms with Gasteiger partial charge >= 0.3 is 6.03 Å². The maximum Gasteiger partial charge on any atom is 0.319 e. The number of hydrogen-bond donors (Lipinski definition) is 3. The molecule has 3 N–H and O–H groups in total. The molecule has 0 saturated heterocycles. The lowest BCUT2D eigenvalue weighted by molar-refractivity contribution is -0.119. The molecule has 1 heterocycles. The highest BCUT2D eigenvalue weighted by Crippen LogP contribution is 2.19. The minimum Gasteiger partial charge on any atom is -0.359 e. The van der Waals surface area contributed by atoms with E-state index in [-0.39, 0.29) is 17.9 Å². The van der Waals surface area contributed by atoms with E-state index in [9.17, 15) is 9.59 Å². The monoisotopic (exact) mass is 346 g/mol. The number of aryl methyl sites for hydroxylation is 1. The summed E-state index contributed by atoms with van der Waals surface area (Å²) in [7, 11) is 1.61. The standard InChI is InChI=1S/C17H22N4O2S/c1-11(16-20-12(2)10-24-16)9-19-17(23)21-14-6-4-13(5-7-14)8-15(22)18-3/h4-7,10-11H,8-9H2,1-3H3,(H,18,22)(H2,19,21,23)/t11-/m1/s1. The lowest BCUT2D eigenvalue weighted by atomic mass is 10.1. The van der Waals surface area contributed by atoms with Crippen LogP contribution in [0.5, 0.6) is 0 Å². The lowest BCUT2D eigenvalue weighted by Crippen LogP contribution is -2.31. The zero-order valence-electron chi connectivity index (χ0n) is 14.1. The van der Waals surface area contributed by atoms with Crippen molar-refractivity contribution in [3.63, 3.8) is 0 Å². The second-order valence-electron chi connectivity index (χ2n) is 5.61. The first-order valence-corrected chi connectivity index (χ1v) is 8.62. The van der Waals surface area contributed by atoms with E-state index in [1.807, 2.05) is 31.4 Å². The SMILES string of the molecule is CNC(=O)Cc1ccc(NC(=O)NC[C@@H](C)c2nc(C)cs2)cc1. The molecule has 0 unspecified atom stereocenters. The van der Waals surface area contributed by atoms with Gasteiger partial charge in [0.1, 0.15) is 0 Å². The highest BCUT2D eigenvalue weighted by Gasteiger charge is 2.11. The van der Waals surface area contributed by atoms with Crippen LogP contribution in [0.4, 0.5) is 10.5 Å². The predicted octanol–water partition coefficient (Wildman–Crippen LogP) is 2.67. The quantitative estimate of drug-likeness (QED) is 0.752. The van der Waals surface area contributed by atoms with Crippen LogP contribution in [0.15, 0.2) is 29.6 Å². The molecule has 0 aliphatic carbocycles. The summed E-state index contributed by atoms with van der Waals surface area (Å²) >= 11 is 1.61. The second kappa shape index (κ2) is 8.44. The van der Waals surface area contributed by atoms with Crippen molar-refractivity contribution in [3.05, 3.63) is 45.9 Å². The number of anilines is 1. The van der Waals surface area contributed by atoms with E-state index >= 15 is 0 Å². The first-order valence-electron chi connectivity index (χ1n) is 7.74. The van der Waals surface area contributed by atoms with Gasteiger partial charge in [-0.2, -0.15) is 0 Å². The summed E-state index contributed by atoms with van der Waals surface area (Å²) in [4.78, 5) is 27.7. The van der Waals surface area contributed by atoms with E-state index < -0.39 is 0 Å². The van der Waals surface area contributed by atoms with Crippen LogP contribution in [0, 0.1) is 6.92 Å². The van der Waals surface area contributed by atoms with Crippen molar-refractivity contribution in [1.29, 1.82) is 0 Å². The molecule has 1 atom stereocenters. The molecule has 0 radical (unpaired) electrons. The topological polar surface area (TPSA) is 83.1 Å². The molecule has 6 nitrogen and oxygen atoms in total. The number of thiazole rings is 1. The molecule has 1 aromatic heterocycles. The summed E-state index contributed by atoms with van der Waals surface area (Å²) < 4.78 is 0. The van der Waals surface area contributed by atoms with Gasteiger partial charge in [-0.25, -0.2) is 9.78 Å². The van der Waals surface area contributed by atoms with Crippen LogP contribution >= 0.6 is 11.3 Å². The van der Waals surface area contributed by atoms with Crippen molar-refractivity contribution < 1.29 is 9.59 Å². The van der Waals surface area contributed by atoms with Gasteiger partial charge < -0.3 is 16.0 Å². The fourth-order valence-corrected chi connectivity index (χ4v) is 2.94. The van der Waals surface area contributed by atoms with E-state index in [2.05, 4.69) is 20.9 Å². The fraction of sp³-hybridized carbons (Fsp3) is 0.353. The number of urea groups is 1. The molecular weight excluding hydrogens is 324 g/mol. The first-order chi connectivity index (χ1) is 11.5. The number of benzene rings is 1. The molecule has 0 fully saturated rings. The Morgan fingerprint density at radius 2 is 1.96 bits per heavy atom. The predicted molar refractivity (Wildman–Crippen MR) is 96.5 cm³/mol. The van der Waals surface area contributed by atoms with Crippen LogP contribution in [0.2, 0.25) is 0 Å². The molecule has 24 heavy (non-hydrogen) atoms. The van der Waals surface area contributed by atoms with Crippen LogP contribution in [-0.4, -0.2) is 30.5 Å². The summed E-state index contributed by atoms with van der Waals surface area (Å²) in [5, 5.41) is 11.2. The summed E-state index contributed by atoms with van der Waals surface area (Å²) in [6, 6.07) is 6.96. The maximum absolute atomic E-state index is 12.0. The smallest absolute Gasteiger partial charge is 0.319 e. The minimum absolute atomic E-state index is 0.0418. The zero-order chi connectivity index (χ0) is 17.5. The van der Waals surface area contributed by atoms with E-state index in [4.69, 9.17) is 0 Å². The molecule has 0 aliphatic rings. The minimum atomic E-state index is -0.255. The Labute approximate surface area is 145 Å². The third kappa shape index (κ3) is 5.34. The average Bonchev–Trinajstić information content (AvgIpc) is 3.01. The number of hydrogen-bond acceptors (Lipinski definition) is 4. The second-order valence-corrected chi connectivity index (χ2v) is 6.50. The summed E-state index contributed by atoms with van der Waals surface area (Å²) in [6.07, 6.45) is 0.327. The normalized spacial score (nSPS) is 11.6. The van der Waals surface area contributed by atoms with Crippen molar-refractivity contribution in [2.24, 2.45) is 0 Å². The molecule has 2 aromatic rings. The Balaban J connectivity index is 1.80. The first kappa shape index (κ1) is 17.9. The van der Waals surface area contributed by atoms with Gasteiger partial charge in [-0.15, -0.1) is 11.3 Å². The van der Waals surface area contributed by atoms with Gasteiger partial charge in [-0.05, 0) is 24.6 Å². The van der Waals surface area contributed by atoms with Crippen molar-refractivity contribution in [2.75, 3.05) is 18.9 Å². The number of nitrogens with one attached hydrogen (secondary N) is 3. The summed E-state index contributed by atoms with van der Waals surface area (Å²) in [5.41, 5.74) is 2.59. The van der Waals surface area contributed by atoms with Crippen LogP contribution < -0.4 is 16.0 Å². The Morgan fingerprint density at radius 3 is 2.54 bits per heavy atom. The number of carbonyl (C=O) groups is 2. The Hall–Kier alpha value is -2.41. The van der Waals surface area contributed by atoms with Gasteiger partial charge in [0.25, 0.3) is 0 Å². The average molecular weight is 346 g/mol. The van der Waals surface area contributed by atoms with Crippen LogP contribution in [0.25, 0.3) is 0 Å². The Bertz CT molecular complexity index is 697. The molecule has 1 aromatic carbocycles. The van der Waals surface area contributed by atoms with E-state index in [1.54, 1.807) is 30.5 Å². The molecular formula is C17H22N4O2S. The van der Waals surface area contributed by atoms with E-state index in [0.29, 0.717) is 18.7 Å². The number of likely N-dealkylation sites (N-methyl/N-ethyl adjacent to an activating group) is 1. The highest BCUT2D eigenvalue weighted by molar-refractivity contribution is 7.09. The molecule has 0 saturated carbocycles. The molecule has 2 rings (SSSR count). The van der Waals surface area contributed by atoms with Crippen LogP contribution in [0.1, 0.15) is 29.1 Å². The van der Waals surface area contributed by atoms with Gasteiger partial charge in [0, 0.05) is 36.3 Å². The maximum atomic E-state index is 12.0. The Morgan fingerprint density at radius 1 is 1.25 bits per heavy atom. The molecule has 7 heteroatoms. The molecule has 0 bridgehead atoms. The van der Waals surface area contributed by atoms with Crippen molar-refractivity contribution in [1.82, 2.24) is 15.6 Å². The van der Waals surface area contributed by atoms with Gasteiger partial charge in [-0.1, -0.05) is 19.1 Å². The highest BCUT2D eigenvalue weighted by atomic mass is 32.1. The number of aromatic nitrogens is 1. The third-order valence-corrected chi connectivity index (χ3v) is 4.68. The van der Waals surface area contributed by atoms with Gasteiger partial charge in [-0.3, -0.25) is 4.79 Å². The van der Waals surface area contributed by atoms with Crippen LogP contribution in [0.3, 0.4) is 0 Å². The molecule has 0 aliphatic heterocycles. The van der Waals surface area contributed by atoms with E-state index in [0.717, 1.165) is 16.3 Å². The summed E-state index contributed by atoms with van der Waals surface area (Å²) in [5.74, 6) is 0.129. The summed E-state index contributed by atoms with van der Waals surface area (Å²) in [6.45, 7) is 4.51. The van der Waals surface area contributed by atoms with Gasteiger partial charge in [0.05, 0.1) is 11.4 Å². The van der Waals surface area contributed by atoms with Gasteiger partial charge in [0.15, 0.2) is 0 Å². The number of amides is 3. The number of nitrogens with zero attached hydrogens (tertiary/aromatic N) is 1. The van der Waals surface area contributed by atoms with E-state index in [1.165, 1.54) is 0 Å². The molecule has 128 valence electrons. The Kier molecular flexibility index (Phi) is 6.31. The number of rotatable bonds is 6. The van der Waals surface area contributed by atoms with Crippen LogP contribution in [-0.2, 0) is 11.2 Å². The number of carbonyl (C=O) groups excluding carboxylic acids is 2. The molecule has 3 amide bonds. The fourth-order valence-electron chi connectivity index (χ4n) is 2.09. The molecule has 0 spiro atoms. The lowest BCUT2D eigenvalue weighted by Gasteiger charge is -2.11. The zero-order valence-corrected chi connectivity index (χ0v) is 14.9. The third-order valence-electron chi connectivity index (χ3n) is 3.48.